The summed E-state index contributed by atoms with van der Waals surface area (Å²) in [5.74, 6) is -0.565. The first-order valence-electron chi connectivity index (χ1n) is 5.47. The van der Waals surface area contributed by atoms with Gasteiger partial charge in [-0.3, -0.25) is 9.59 Å². The van der Waals surface area contributed by atoms with Crippen LogP contribution in [0.1, 0.15) is 16.1 Å². The second kappa shape index (κ2) is 5.16. The third-order valence-corrected chi connectivity index (χ3v) is 2.81. The van der Waals surface area contributed by atoms with Crippen LogP contribution in [0.4, 0.5) is 5.69 Å². The van der Waals surface area contributed by atoms with Crippen molar-refractivity contribution in [2.75, 3.05) is 5.32 Å². The Morgan fingerprint density at radius 3 is 2.68 bits per heavy atom. The third kappa shape index (κ3) is 2.95. The number of aryl methyl sites for hydroxylation is 1. The maximum absolute atomic E-state index is 11.9. The van der Waals surface area contributed by atoms with Crippen molar-refractivity contribution in [3.05, 3.63) is 57.0 Å². The van der Waals surface area contributed by atoms with Crippen LogP contribution in [0, 0.1) is 6.92 Å². The van der Waals surface area contributed by atoms with Crippen LogP contribution >= 0.6 is 11.6 Å². The fourth-order valence-corrected chi connectivity index (χ4v) is 1.77. The lowest BCUT2D eigenvalue weighted by Gasteiger charge is -2.07. The van der Waals surface area contributed by atoms with Crippen LogP contribution in [0.15, 0.2) is 35.1 Å². The van der Waals surface area contributed by atoms with Gasteiger partial charge in [0.15, 0.2) is 0 Å². The normalized spacial score (nSPS) is 10.2. The molecule has 5 nitrogen and oxygen atoms in total. The van der Waals surface area contributed by atoms with E-state index in [1.54, 1.807) is 13.0 Å². The lowest BCUT2D eigenvalue weighted by Crippen LogP contribution is -2.23. The molecule has 1 amide bonds. The zero-order chi connectivity index (χ0) is 14.0. The van der Waals surface area contributed by atoms with Crippen molar-refractivity contribution in [2.45, 2.75) is 6.92 Å². The smallest absolute Gasteiger partial charge is 0.261 e. The second-order valence-corrected chi connectivity index (χ2v) is 4.41. The molecule has 0 aliphatic heterocycles. The van der Waals surface area contributed by atoms with Crippen LogP contribution < -0.4 is 10.9 Å². The van der Waals surface area contributed by atoms with E-state index in [2.05, 4.69) is 10.3 Å². The van der Waals surface area contributed by atoms with Gasteiger partial charge in [-0.15, -0.1) is 0 Å². The minimum absolute atomic E-state index is 0.00354. The zero-order valence-corrected chi connectivity index (χ0v) is 10.8. The van der Waals surface area contributed by atoms with Gasteiger partial charge in [0.05, 0.1) is 10.7 Å². The van der Waals surface area contributed by atoms with Gasteiger partial charge in [0.2, 0.25) is 0 Å². The number of rotatable bonds is 2. The summed E-state index contributed by atoms with van der Waals surface area (Å²) in [6.45, 7) is 1.72. The molecule has 3 N–H and O–H groups in total. The number of hydrogen-bond donors (Lipinski definition) is 3. The molecule has 1 aromatic carbocycles. The van der Waals surface area contributed by atoms with Crippen LogP contribution in [-0.4, -0.2) is 16.0 Å². The number of phenolic OH excluding ortho intramolecular Hbond substituents is 1. The minimum atomic E-state index is -0.561. The van der Waals surface area contributed by atoms with E-state index in [-0.39, 0.29) is 16.3 Å². The first-order valence-corrected chi connectivity index (χ1v) is 5.85. The highest BCUT2D eigenvalue weighted by Gasteiger charge is 2.12. The molecule has 0 spiro atoms. The Morgan fingerprint density at radius 1 is 1.32 bits per heavy atom. The van der Waals surface area contributed by atoms with Crippen molar-refractivity contribution in [3.8, 4) is 5.75 Å². The summed E-state index contributed by atoms with van der Waals surface area (Å²) in [5, 5.41) is 11.9. The molecule has 6 heteroatoms. The summed E-state index contributed by atoms with van der Waals surface area (Å²) in [4.78, 5) is 26.1. The molecule has 0 fully saturated rings. The number of nitrogens with one attached hydrogen (secondary N) is 2. The minimum Gasteiger partial charge on any atom is -0.508 e. The van der Waals surface area contributed by atoms with E-state index >= 15 is 0 Å². The SMILES string of the molecule is Cc1ccc(C(=O)Nc2ccc(O)cc2Cl)c(=O)[nH]1. The molecule has 0 saturated carbocycles. The van der Waals surface area contributed by atoms with Crippen LogP contribution in [-0.2, 0) is 0 Å². The monoisotopic (exact) mass is 278 g/mol. The quantitative estimate of drug-likeness (QED) is 0.737. The number of hydrogen-bond acceptors (Lipinski definition) is 3. The number of pyridine rings is 1. The number of aromatic amines is 1. The Bertz CT molecular complexity index is 695. The number of aromatic nitrogens is 1. The fourth-order valence-electron chi connectivity index (χ4n) is 1.55. The Labute approximate surface area is 113 Å². The molecule has 19 heavy (non-hydrogen) atoms. The Morgan fingerprint density at radius 2 is 2.05 bits per heavy atom. The standard InChI is InChI=1S/C13H11ClN2O3/c1-7-2-4-9(12(18)15-7)13(19)16-11-5-3-8(17)6-10(11)14/h2-6,17H,1H3,(H,15,18)(H,16,19). The maximum atomic E-state index is 11.9. The van der Waals surface area contributed by atoms with E-state index in [1.165, 1.54) is 24.3 Å². The van der Waals surface area contributed by atoms with Gasteiger partial charge in [-0.1, -0.05) is 11.6 Å². The Kier molecular flexibility index (Phi) is 3.57. The summed E-state index contributed by atoms with van der Waals surface area (Å²) < 4.78 is 0. The van der Waals surface area contributed by atoms with E-state index in [0.717, 1.165) is 0 Å². The van der Waals surface area contributed by atoms with Crippen LogP contribution in [0.3, 0.4) is 0 Å². The third-order valence-electron chi connectivity index (χ3n) is 2.50. The summed E-state index contributed by atoms with van der Waals surface area (Å²) in [6, 6.07) is 7.22. The number of benzene rings is 1. The van der Waals surface area contributed by atoms with Gasteiger partial charge in [-0.25, -0.2) is 0 Å². The number of halogens is 1. The number of phenols is 1. The summed E-state index contributed by atoms with van der Waals surface area (Å²) in [7, 11) is 0. The van der Waals surface area contributed by atoms with Crippen LogP contribution in [0.2, 0.25) is 5.02 Å². The van der Waals surface area contributed by atoms with Crippen molar-refractivity contribution in [2.24, 2.45) is 0 Å². The lowest BCUT2D eigenvalue weighted by molar-refractivity contribution is 0.102. The molecule has 0 aliphatic carbocycles. The van der Waals surface area contributed by atoms with Crippen LogP contribution in [0.5, 0.6) is 5.75 Å². The van der Waals surface area contributed by atoms with Crippen molar-refractivity contribution in [1.29, 1.82) is 0 Å². The van der Waals surface area contributed by atoms with Gasteiger partial charge in [0.25, 0.3) is 11.5 Å². The predicted molar refractivity (Wildman–Crippen MR) is 72.9 cm³/mol. The van der Waals surface area contributed by atoms with Gasteiger partial charge < -0.3 is 15.4 Å². The first-order chi connectivity index (χ1) is 8.97. The highest BCUT2D eigenvalue weighted by Crippen LogP contribution is 2.26. The lowest BCUT2D eigenvalue weighted by atomic mass is 10.2. The Hall–Kier alpha value is -2.27. The molecule has 2 aromatic rings. The average Bonchev–Trinajstić information content (AvgIpc) is 2.32. The first kappa shape index (κ1) is 13.2. The number of H-pyrrole nitrogens is 1. The molecule has 1 aromatic heterocycles. The average molecular weight is 279 g/mol. The molecule has 0 saturated heterocycles. The molecule has 2 rings (SSSR count). The summed E-state index contributed by atoms with van der Waals surface area (Å²) in [5.41, 5.74) is 0.524. The van der Waals surface area contributed by atoms with Gasteiger partial charge in [0.1, 0.15) is 11.3 Å². The number of anilines is 1. The molecule has 0 radical (unpaired) electrons. The second-order valence-electron chi connectivity index (χ2n) is 4.00. The van der Waals surface area contributed by atoms with E-state index in [9.17, 15) is 14.7 Å². The Balaban J connectivity index is 2.28. The predicted octanol–water partition coefficient (Wildman–Crippen LogP) is 2.29. The summed E-state index contributed by atoms with van der Waals surface area (Å²) >= 11 is 5.87. The van der Waals surface area contributed by atoms with E-state index < -0.39 is 11.5 Å². The van der Waals surface area contributed by atoms with E-state index in [4.69, 9.17) is 11.6 Å². The number of carbonyl (C=O) groups excluding carboxylic acids is 1. The van der Waals surface area contributed by atoms with Crippen molar-refractivity contribution < 1.29 is 9.90 Å². The number of carbonyl (C=O) groups is 1. The molecular formula is C13H11ClN2O3. The fraction of sp³-hybridized carbons (Fsp3) is 0.0769. The molecule has 0 bridgehead atoms. The molecule has 98 valence electrons. The highest BCUT2D eigenvalue weighted by molar-refractivity contribution is 6.34. The van der Waals surface area contributed by atoms with Crippen molar-refractivity contribution in [3.63, 3.8) is 0 Å². The van der Waals surface area contributed by atoms with Gasteiger partial charge in [0, 0.05) is 11.8 Å². The molecular weight excluding hydrogens is 268 g/mol. The maximum Gasteiger partial charge on any atom is 0.261 e. The molecule has 0 atom stereocenters. The van der Waals surface area contributed by atoms with Gasteiger partial charge >= 0.3 is 0 Å². The van der Waals surface area contributed by atoms with Crippen LogP contribution in [0.25, 0.3) is 0 Å². The van der Waals surface area contributed by atoms with Crippen molar-refractivity contribution >= 4 is 23.2 Å². The van der Waals surface area contributed by atoms with Gasteiger partial charge in [-0.2, -0.15) is 0 Å². The van der Waals surface area contributed by atoms with E-state index in [1.807, 2.05) is 0 Å². The topological polar surface area (TPSA) is 82.2 Å². The van der Waals surface area contributed by atoms with Gasteiger partial charge in [-0.05, 0) is 31.2 Å². The number of aromatic hydroxyl groups is 1. The zero-order valence-electron chi connectivity index (χ0n) is 10.0. The molecule has 0 aliphatic rings. The molecule has 1 heterocycles. The number of amides is 1. The van der Waals surface area contributed by atoms with E-state index in [0.29, 0.717) is 11.4 Å². The largest absolute Gasteiger partial charge is 0.508 e. The van der Waals surface area contributed by atoms with Crippen molar-refractivity contribution in [1.82, 2.24) is 4.98 Å². The molecule has 0 unspecified atom stereocenters. The highest BCUT2D eigenvalue weighted by atomic mass is 35.5. The summed E-state index contributed by atoms with van der Waals surface area (Å²) in [6.07, 6.45) is 0.